The maximum absolute atomic E-state index is 10.6. The summed E-state index contributed by atoms with van der Waals surface area (Å²) >= 11 is 0. The van der Waals surface area contributed by atoms with E-state index in [9.17, 15) is 10.1 Å². The lowest BCUT2D eigenvalue weighted by Crippen LogP contribution is -2.10. The van der Waals surface area contributed by atoms with Crippen LogP contribution in [0.25, 0.3) is 0 Å². The largest absolute Gasteiger partial charge is 0.382 e. The molecule has 1 heterocycles. The van der Waals surface area contributed by atoms with Gasteiger partial charge in [-0.2, -0.15) is 0 Å². The number of nitro groups is 1. The Morgan fingerprint density at radius 1 is 1.42 bits per heavy atom. The molecule has 0 aromatic carbocycles. The van der Waals surface area contributed by atoms with E-state index < -0.39 is 4.92 Å². The van der Waals surface area contributed by atoms with Gasteiger partial charge in [-0.25, -0.2) is 4.98 Å². The zero-order valence-electron chi connectivity index (χ0n) is 10.8. The van der Waals surface area contributed by atoms with Crippen LogP contribution < -0.4 is 11.1 Å². The minimum absolute atomic E-state index is 0.0913. The first kappa shape index (κ1) is 15.1. The predicted octanol–water partition coefficient (Wildman–Crippen LogP) is 1.04. The summed E-state index contributed by atoms with van der Waals surface area (Å²) in [4.78, 5) is 13.9. The lowest BCUT2D eigenvalue weighted by Gasteiger charge is -2.07. The van der Waals surface area contributed by atoms with Gasteiger partial charge >= 0.3 is 5.69 Å². The molecule has 1 rings (SSSR count). The first-order valence-corrected chi connectivity index (χ1v) is 5.86. The van der Waals surface area contributed by atoms with E-state index in [0.717, 1.165) is 6.42 Å². The highest BCUT2D eigenvalue weighted by molar-refractivity contribution is 5.57. The Morgan fingerprint density at radius 2 is 2.21 bits per heavy atom. The van der Waals surface area contributed by atoms with Gasteiger partial charge in [0.05, 0.1) is 18.1 Å². The number of nitrogens with one attached hydrogen (secondary N) is 1. The van der Waals surface area contributed by atoms with Crippen LogP contribution in [0.4, 0.5) is 17.3 Å². The smallest absolute Gasteiger partial charge is 0.311 e. The SMILES string of the molecule is COCCOCCCNc1ccc([N+](=O)[O-])c(N)n1. The number of hydrogen-bond donors (Lipinski definition) is 2. The Labute approximate surface area is 111 Å². The molecule has 0 aliphatic rings. The van der Waals surface area contributed by atoms with Crippen LogP contribution in [0.1, 0.15) is 6.42 Å². The molecule has 0 aliphatic carbocycles. The number of anilines is 2. The number of aromatic nitrogens is 1. The number of nitrogen functional groups attached to an aromatic ring is 1. The van der Waals surface area contributed by atoms with E-state index in [4.69, 9.17) is 15.2 Å². The number of hydrogen-bond acceptors (Lipinski definition) is 7. The summed E-state index contributed by atoms with van der Waals surface area (Å²) in [6, 6.07) is 2.86. The molecule has 0 radical (unpaired) electrons. The molecule has 0 amide bonds. The summed E-state index contributed by atoms with van der Waals surface area (Å²) in [5.74, 6) is 0.423. The standard InChI is InChI=1S/C11H18N4O4/c1-18-7-8-19-6-2-5-13-10-4-3-9(15(16)17)11(12)14-10/h3-4H,2,5-8H2,1H3,(H3,12,13,14). The van der Waals surface area contributed by atoms with Crippen LogP contribution in [0, 0.1) is 10.1 Å². The van der Waals surface area contributed by atoms with E-state index in [1.54, 1.807) is 7.11 Å². The molecule has 106 valence electrons. The third-order valence-corrected chi connectivity index (χ3v) is 2.30. The molecule has 1 aromatic heterocycles. The lowest BCUT2D eigenvalue weighted by molar-refractivity contribution is -0.384. The second-order valence-corrected chi connectivity index (χ2v) is 3.74. The van der Waals surface area contributed by atoms with Crippen molar-refractivity contribution < 1.29 is 14.4 Å². The van der Waals surface area contributed by atoms with Crippen LogP contribution in [0.5, 0.6) is 0 Å². The van der Waals surface area contributed by atoms with Crippen molar-refractivity contribution >= 4 is 17.3 Å². The van der Waals surface area contributed by atoms with Crippen molar-refractivity contribution in [3.05, 3.63) is 22.2 Å². The van der Waals surface area contributed by atoms with Gasteiger partial charge < -0.3 is 20.5 Å². The monoisotopic (exact) mass is 270 g/mol. The molecule has 0 unspecified atom stereocenters. The number of nitrogens with zero attached hydrogens (tertiary/aromatic N) is 2. The Hall–Kier alpha value is -1.93. The van der Waals surface area contributed by atoms with Crippen molar-refractivity contribution in [2.45, 2.75) is 6.42 Å². The van der Waals surface area contributed by atoms with Gasteiger partial charge in [-0.15, -0.1) is 0 Å². The molecule has 0 spiro atoms. The topological polar surface area (TPSA) is 113 Å². The van der Waals surface area contributed by atoms with Crippen molar-refractivity contribution in [3.63, 3.8) is 0 Å². The van der Waals surface area contributed by atoms with Crippen molar-refractivity contribution in [1.82, 2.24) is 4.98 Å². The number of ether oxygens (including phenoxy) is 2. The van der Waals surface area contributed by atoms with Gasteiger partial charge in [-0.1, -0.05) is 0 Å². The van der Waals surface area contributed by atoms with Gasteiger partial charge in [-0.05, 0) is 12.5 Å². The van der Waals surface area contributed by atoms with Gasteiger partial charge in [0, 0.05) is 26.3 Å². The van der Waals surface area contributed by atoms with E-state index in [-0.39, 0.29) is 11.5 Å². The normalized spacial score (nSPS) is 10.4. The number of rotatable bonds is 9. The highest BCUT2D eigenvalue weighted by Gasteiger charge is 2.12. The van der Waals surface area contributed by atoms with Crippen molar-refractivity contribution in [3.8, 4) is 0 Å². The van der Waals surface area contributed by atoms with Crippen LogP contribution >= 0.6 is 0 Å². The third-order valence-electron chi connectivity index (χ3n) is 2.30. The first-order chi connectivity index (χ1) is 9.15. The molecule has 0 saturated carbocycles. The number of pyridine rings is 1. The van der Waals surface area contributed by atoms with E-state index in [1.807, 2.05) is 0 Å². The second-order valence-electron chi connectivity index (χ2n) is 3.74. The summed E-state index contributed by atoms with van der Waals surface area (Å²) in [7, 11) is 1.62. The van der Waals surface area contributed by atoms with Crippen LogP contribution in [0.2, 0.25) is 0 Å². The molecule has 0 bridgehead atoms. The first-order valence-electron chi connectivity index (χ1n) is 5.86. The maximum Gasteiger partial charge on any atom is 0.311 e. The summed E-state index contributed by atoms with van der Waals surface area (Å²) in [5, 5.41) is 13.6. The predicted molar refractivity (Wildman–Crippen MR) is 71.1 cm³/mol. The number of nitrogens with two attached hydrogens (primary N) is 1. The van der Waals surface area contributed by atoms with Gasteiger partial charge in [0.2, 0.25) is 5.82 Å². The minimum Gasteiger partial charge on any atom is -0.382 e. The molecule has 1 aromatic rings. The fourth-order valence-corrected chi connectivity index (χ4v) is 1.36. The van der Waals surface area contributed by atoms with Crippen LogP contribution in [0.3, 0.4) is 0 Å². The van der Waals surface area contributed by atoms with Gasteiger partial charge in [0.1, 0.15) is 5.82 Å². The minimum atomic E-state index is -0.560. The zero-order valence-corrected chi connectivity index (χ0v) is 10.8. The van der Waals surface area contributed by atoms with Gasteiger partial charge in [0.25, 0.3) is 0 Å². The Balaban J connectivity index is 2.26. The van der Waals surface area contributed by atoms with Crippen molar-refractivity contribution in [1.29, 1.82) is 0 Å². The Morgan fingerprint density at radius 3 is 2.84 bits per heavy atom. The van der Waals surface area contributed by atoms with Crippen LogP contribution in [-0.4, -0.2) is 43.4 Å². The Kier molecular flexibility index (Phi) is 6.55. The average molecular weight is 270 g/mol. The summed E-state index contributed by atoms with van der Waals surface area (Å²) in [6.45, 7) is 2.41. The van der Waals surface area contributed by atoms with Crippen molar-refractivity contribution in [2.75, 3.05) is 44.5 Å². The van der Waals surface area contributed by atoms with Crippen LogP contribution in [-0.2, 0) is 9.47 Å². The van der Waals surface area contributed by atoms with E-state index >= 15 is 0 Å². The maximum atomic E-state index is 10.6. The van der Waals surface area contributed by atoms with E-state index in [1.165, 1.54) is 12.1 Å². The molecule has 8 heteroatoms. The van der Waals surface area contributed by atoms with Gasteiger partial charge in [-0.3, -0.25) is 10.1 Å². The number of methoxy groups -OCH3 is 1. The molecular formula is C11H18N4O4. The van der Waals surface area contributed by atoms with Crippen LogP contribution in [0.15, 0.2) is 12.1 Å². The van der Waals surface area contributed by atoms with E-state index in [0.29, 0.717) is 32.2 Å². The molecule has 0 fully saturated rings. The molecule has 19 heavy (non-hydrogen) atoms. The second kappa shape index (κ2) is 8.22. The van der Waals surface area contributed by atoms with Crippen molar-refractivity contribution in [2.24, 2.45) is 0 Å². The fraction of sp³-hybridized carbons (Fsp3) is 0.545. The lowest BCUT2D eigenvalue weighted by atomic mass is 10.3. The third kappa shape index (κ3) is 5.49. The fourth-order valence-electron chi connectivity index (χ4n) is 1.36. The molecule has 0 aliphatic heterocycles. The van der Waals surface area contributed by atoms with E-state index in [2.05, 4.69) is 10.3 Å². The Bertz CT molecular complexity index is 414. The molecule has 3 N–H and O–H groups in total. The quantitative estimate of drug-likeness (QED) is 0.391. The highest BCUT2D eigenvalue weighted by Crippen LogP contribution is 2.20. The summed E-state index contributed by atoms with van der Waals surface area (Å²) < 4.78 is 10.1. The molecular weight excluding hydrogens is 252 g/mol. The van der Waals surface area contributed by atoms with Gasteiger partial charge in [0.15, 0.2) is 0 Å². The highest BCUT2D eigenvalue weighted by atomic mass is 16.6. The molecule has 8 nitrogen and oxygen atoms in total. The molecule has 0 saturated heterocycles. The summed E-state index contributed by atoms with van der Waals surface area (Å²) in [6.07, 6.45) is 0.794. The molecule has 0 atom stereocenters. The average Bonchev–Trinajstić information content (AvgIpc) is 2.37. The zero-order chi connectivity index (χ0) is 14.1. The summed E-state index contributed by atoms with van der Waals surface area (Å²) in [5.41, 5.74) is 5.29.